The summed E-state index contributed by atoms with van der Waals surface area (Å²) in [6.07, 6.45) is 0. The third kappa shape index (κ3) is 3.15. The van der Waals surface area contributed by atoms with Gasteiger partial charge in [-0.15, -0.1) is 0 Å². The second-order valence-electron chi connectivity index (χ2n) is 8.09. The zero-order valence-corrected chi connectivity index (χ0v) is 16.2. The van der Waals surface area contributed by atoms with E-state index in [-0.39, 0.29) is 5.41 Å². The van der Waals surface area contributed by atoms with Crippen molar-refractivity contribution in [1.29, 1.82) is 0 Å². The molecular weight excluding hydrogens is 324 g/mol. The summed E-state index contributed by atoms with van der Waals surface area (Å²) < 4.78 is 1.88. The zero-order valence-electron chi connectivity index (χ0n) is 16.2. The molecule has 1 aliphatic heterocycles. The van der Waals surface area contributed by atoms with E-state index < -0.39 is 0 Å². The Morgan fingerprint density at radius 3 is 2.42 bits per heavy atom. The first kappa shape index (κ1) is 17.2. The van der Waals surface area contributed by atoms with Gasteiger partial charge in [-0.3, -0.25) is 4.90 Å². The number of hydrogen-bond acceptors (Lipinski definition) is 4. The lowest BCUT2D eigenvalue weighted by Crippen LogP contribution is -2.48. The number of hydrogen-bond donors (Lipinski definition) is 1. The maximum absolute atomic E-state index is 4.92. The Bertz CT molecular complexity index is 884. The van der Waals surface area contributed by atoms with E-state index in [1.54, 1.807) is 0 Å². The van der Waals surface area contributed by atoms with Gasteiger partial charge in [0.15, 0.2) is 5.65 Å². The molecule has 6 heteroatoms. The molecule has 2 aromatic heterocycles. The van der Waals surface area contributed by atoms with E-state index in [4.69, 9.17) is 4.98 Å². The third-order valence-corrected chi connectivity index (χ3v) is 5.38. The van der Waals surface area contributed by atoms with Gasteiger partial charge < -0.3 is 9.88 Å². The number of aromatic nitrogens is 4. The Hall–Kier alpha value is -2.18. The summed E-state index contributed by atoms with van der Waals surface area (Å²) in [6.45, 7) is 10.1. The van der Waals surface area contributed by atoms with Crippen molar-refractivity contribution in [3.8, 4) is 11.3 Å². The van der Waals surface area contributed by atoms with Gasteiger partial charge in [0.2, 0.25) is 0 Å². The topological polar surface area (TPSA) is 53.0 Å². The number of rotatable bonds is 4. The van der Waals surface area contributed by atoms with Crippen LogP contribution in [0.25, 0.3) is 22.4 Å². The summed E-state index contributed by atoms with van der Waals surface area (Å²) in [4.78, 5) is 13.4. The highest BCUT2D eigenvalue weighted by atomic mass is 15.3. The predicted octanol–water partition coefficient (Wildman–Crippen LogP) is 2.49. The molecule has 4 rings (SSSR count). The molecule has 1 aliphatic rings. The molecule has 0 spiro atoms. The Morgan fingerprint density at radius 1 is 1.04 bits per heavy atom. The van der Waals surface area contributed by atoms with Gasteiger partial charge in [-0.1, -0.05) is 44.2 Å². The summed E-state index contributed by atoms with van der Waals surface area (Å²) in [7, 11) is 4.16. The second kappa shape index (κ2) is 6.52. The van der Waals surface area contributed by atoms with Gasteiger partial charge in [0, 0.05) is 50.7 Å². The molecule has 3 heterocycles. The fraction of sp³-hybridized carbons (Fsp3) is 0.500. The molecule has 1 saturated heterocycles. The van der Waals surface area contributed by atoms with Crippen molar-refractivity contribution >= 4 is 11.2 Å². The summed E-state index contributed by atoms with van der Waals surface area (Å²) in [6, 6.07) is 10.3. The first-order chi connectivity index (χ1) is 12.4. The van der Waals surface area contributed by atoms with Crippen molar-refractivity contribution in [3.05, 3.63) is 36.2 Å². The number of likely N-dealkylation sites (N-methyl/N-ethyl adjacent to an activating group) is 1. The lowest BCUT2D eigenvalue weighted by Gasteiger charge is -2.36. The number of piperazine rings is 1. The molecular formula is C20H28N6. The fourth-order valence-corrected chi connectivity index (χ4v) is 3.77. The second-order valence-corrected chi connectivity index (χ2v) is 8.09. The summed E-state index contributed by atoms with van der Waals surface area (Å²) in [5, 5.41) is 4.67. The van der Waals surface area contributed by atoms with Crippen molar-refractivity contribution in [2.75, 3.05) is 39.8 Å². The van der Waals surface area contributed by atoms with Crippen molar-refractivity contribution < 1.29 is 0 Å². The minimum atomic E-state index is -0.0388. The van der Waals surface area contributed by atoms with Gasteiger partial charge in [0.1, 0.15) is 17.0 Å². The Kier molecular flexibility index (Phi) is 4.32. The van der Waals surface area contributed by atoms with E-state index in [9.17, 15) is 0 Å². The minimum absolute atomic E-state index is 0.0388. The van der Waals surface area contributed by atoms with Gasteiger partial charge in [0.05, 0.1) is 0 Å². The monoisotopic (exact) mass is 352 g/mol. The molecule has 138 valence electrons. The van der Waals surface area contributed by atoms with Gasteiger partial charge in [-0.25, -0.2) is 9.67 Å². The van der Waals surface area contributed by atoms with Crippen LogP contribution in [-0.2, 0) is 12.5 Å². The molecule has 0 unspecified atom stereocenters. The van der Waals surface area contributed by atoms with Crippen LogP contribution in [0.2, 0.25) is 0 Å². The average Bonchev–Trinajstić information content (AvgIpc) is 3.19. The van der Waals surface area contributed by atoms with E-state index in [1.165, 1.54) is 0 Å². The summed E-state index contributed by atoms with van der Waals surface area (Å²) in [5.74, 6) is 1.04. The van der Waals surface area contributed by atoms with Gasteiger partial charge in [-0.2, -0.15) is 5.10 Å². The summed E-state index contributed by atoms with van der Waals surface area (Å²) in [5.41, 5.74) is 4.00. The first-order valence-corrected chi connectivity index (χ1v) is 9.33. The smallest absolute Gasteiger partial charge is 0.176 e. The van der Waals surface area contributed by atoms with Crippen molar-refractivity contribution in [1.82, 2.24) is 29.5 Å². The van der Waals surface area contributed by atoms with Crippen molar-refractivity contribution in [2.24, 2.45) is 7.05 Å². The number of H-pyrrole nitrogens is 1. The van der Waals surface area contributed by atoms with Gasteiger partial charge in [0.25, 0.3) is 0 Å². The van der Waals surface area contributed by atoms with E-state index >= 15 is 0 Å². The molecule has 6 nitrogen and oxygen atoms in total. The van der Waals surface area contributed by atoms with Crippen LogP contribution in [-0.4, -0.2) is 69.3 Å². The van der Waals surface area contributed by atoms with Crippen LogP contribution in [0, 0.1) is 0 Å². The van der Waals surface area contributed by atoms with Crippen molar-refractivity contribution in [2.45, 2.75) is 19.3 Å². The van der Waals surface area contributed by atoms with E-state index in [2.05, 4.69) is 52.9 Å². The molecule has 0 amide bonds. The molecule has 0 atom stereocenters. The average molecular weight is 352 g/mol. The van der Waals surface area contributed by atoms with E-state index in [0.29, 0.717) is 0 Å². The number of nitrogens with one attached hydrogen (secondary N) is 1. The van der Waals surface area contributed by atoms with Gasteiger partial charge >= 0.3 is 0 Å². The van der Waals surface area contributed by atoms with Crippen LogP contribution in [0.15, 0.2) is 30.3 Å². The minimum Gasteiger partial charge on any atom is -0.338 e. The molecule has 0 radical (unpaired) electrons. The zero-order chi connectivity index (χ0) is 18.3. The van der Waals surface area contributed by atoms with Crippen LogP contribution in [0.4, 0.5) is 0 Å². The lowest BCUT2D eigenvalue weighted by molar-refractivity contribution is 0.131. The predicted molar refractivity (Wildman–Crippen MR) is 105 cm³/mol. The molecule has 0 saturated carbocycles. The quantitative estimate of drug-likeness (QED) is 0.784. The molecule has 26 heavy (non-hydrogen) atoms. The van der Waals surface area contributed by atoms with Crippen LogP contribution in [0.5, 0.6) is 0 Å². The molecule has 1 aromatic carbocycles. The number of benzene rings is 1. The third-order valence-electron chi connectivity index (χ3n) is 5.38. The number of aromatic amines is 1. The van der Waals surface area contributed by atoms with E-state index in [0.717, 1.165) is 61.0 Å². The first-order valence-electron chi connectivity index (χ1n) is 9.33. The molecule has 3 aromatic rings. The Labute approximate surface area is 154 Å². The maximum atomic E-state index is 4.92. The Morgan fingerprint density at radius 2 is 1.73 bits per heavy atom. The van der Waals surface area contributed by atoms with Crippen LogP contribution in [0.3, 0.4) is 0 Å². The van der Waals surface area contributed by atoms with Crippen LogP contribution >= 0.6 is 0 Å². The largest absolute Gasteiger partial charge is 0.338 e. The fourth-order valence-electron chi connectivity index (χ4n) is 3.77. The molecule has 1 fully saturated rings. The van der Waals surface area contributed by atoms with Crippen LogP contribution < -0.4 is 0 Å². The highest BCUT2D eigenvalue weighted by Crippen LogP contribution is 2.30. The number of imidazole rings is 1. The molecule has 0 bridgehead atoms. The molecule has 1 N–H and O–H groups in total. The number of aryl methyl sites for hydroxylation is 1. The maximum Gasteiger partial charge on any atom is 0.176 e. The van der Waals surface area contributed by atoms with Crippen molar-refractivity contribution in [3.63, 3.8) is 0 Å². The van der Waals surface area contributed by atoms with E-state index in [1.807, 2.05) is 29.9 Å². The standard InChI is InChI=1S/C20H28N6/c1-20(2,14-26-12-10-24(3)11-13-26)19-21-17-16(15-8-6-5-7-9-15)23-25(4)18(17)22-19/h5-9H,10-14H2,1-4H3,(H,21,22). The number of nitrogens with zero attached hydrogens (tertiary/aromatic N) is 5. The number of fused-ring (bicyclic) bond motifs is 1. The Balaban J connectivity index is 1.64. The normalized spacial score (nSPS) is 17.2. The van der Waals surface area contributed by atoms with Crippen LogP contribution in [0.1, 0.15) is 19.7 Å². The van der Waals surface area contributed by atoms with Gasteiger partial charge in [-0.05, 0) is 7.05 Å². The summed E-state index contributed by atoms with van der Waals surface area (Å²) >= 11 is 0. The highest BCUT2D eigenvalue weighted by molar-refractivity contribution is 5.88. The SMILES string of the molecule is CN1CCN(CC(C)(C)c2nc3c([nH]2)c(-c2ccccc2)nn3C)CC1. The highest BCUT2D eigenvalue weighted by Gasteiger charge is 2.30. The molecule has 0 aliphatic carbocycles. The lowest BCUT2D eigenvalue weighted by atomic mass is 9.91.